The number of hydrogen-bond acceptors (Lipinski definition) is 7. The Hall–Kier alpha value is -3.32. The molecule has 0 bridgehead atoms. The van der Waals surface area contributed by atoms with E-state index >= 15 is 0 Å². The van der Waals surface area contributed by atoms with E-state index in [2.05, 4.69) is 20.1 Å². The molecule has 28 heavy (non-hydrogen) atoms. The molecule has 0 unspecified atom stereocenters. The zero-order valence-electron chi connectivity index (χ0n) is 16.2. The molecule has 0 saturated carbocycles. The first-order valence-corrected chi connectivity index (χ1v) is 8.92. The van der Waals surface area contributed by atoms with Crippen LogP contribution in [0.15, 0.2) is 52.6 Å². The highest BCUT2D eigenvalue weighted by atomic mass is 16.3. The molecule has 3 rings (SSSR count). The van der Waals surface area contributed by atoms with Crippen molar-refractivity contribution in [3.8, 4) is 0 Å². The number of hydrazone groups is 1. The lowest BCUT2D eigenvalue weighted by atomic mass is 10.0. The maximum Gasteiger partial charge on any atom is 0.124 e. The van der Waals surface area contributed by atoms with Crippen LogP contribution in [0.5, 0.6) is 0 Å². The number of hydrogen-bond donors (Lipinski definition) is 3. The summed E-state index contributed by atoms with van der Waals surface area (Å²) >= 11 is 0. The first-order valence-electron chi connectivity index (χ1n) is 8.92. The molecule has 0 spiro atoms. The second-order valence-electron chi connectivity index (χ2n) is 7.12. The summed E-state index contributed by atoms with van der Waals surface area (Å²) in [6.45, 7) is 5.71. The average molecular weight is 376 g/mol. The normalized spacial score (nSPS) is 12.8. The van der Waals surface area contributed by atoms with E-state index < -0.39 is 5.60 Å². The fraction of sp³-hybridized carbons (Fsp3) is 0.238. The van der Waals surface area contributed by atoms with Gasteiger partial charge in [0.1, 0.15) is 17.1 Å². The molecule has 0 aliphatic heterocycles. The van der Waals surface area contributed by atoms with Crippen molar-refractivity contribution in [1.29, 1.82) is 0 Å². The molecule has 0 amide bonds. The summed E-state index contributed by atoms with van der Waals surface area (Å²) in [5.74, 6) is 6.03. The second kappa shape index (κ2) is 7.74. The number of pyridine rings is 2. The molecule has 2 heterocycles. The van der Waals surface area contributed by atoms with Crippen LogP contribution in [-0.4, -0.2) is 27.0 Å². The second-order valence-corrected chi connectivity index (χ2v) is 7.12. The predicted octanol–water partition coefficient (Wildman–Crippen LogP) is 2.68. The number of aromatic nitrogens is 2. The molecule has 0 aliphatic rings. The van der Waals surface area contributed by atoms with E-state index in [4.69, 9.17) is 11.6 Å². The van der Waals surface area contributed by atoms with Crippen LogP contribution in [0.4, 0.5) is 5.82 Å². The first kappa shape index (κ1) is 19.4. The monoisotopic (exact) mass is 376 g/mol. The van der Waals surface area contributed by atoms with Gasteiger partial charge in [0.15, 0.2) is 0 Å². The van der Waals surface area contributed by atoms with Gasteiger partial charge in [0, 0.05) is 17.2 Å². The molecule has 144 valence electrons. The number of anilines is 1. The van der Waals surface area contributed by atoms with Gasteiger partial charge in [-0.2, -0.15) is 5.10 Å². The Kier molecular flexibility index (Phi) is 5.37. The van der Waals surface area contributed by atoms with E-state index in [1.54, 1.807) is 32.2 Å². The van der Waals surface area contributed by atoms with Crippen LogP contribution in [0, 0.1) is 6.92 Å². The minimum Gasteiger partial charge on any atom is -0.384 e. The van der Waals surface area contributed by atoms with Crippen LogP contribution in [0.3, 0.4) is 0 Å². The van der Waals surface area contributed by atoms with Crippen LogP contribution >= 0.6 is 0 Å². The smallest absolute Gasteiger partial charge is 0.124 e. The zero-order valence-corrected chi connectivity index (χ0v) is 16.2. The molecule has 0 fully saturated rings. The minimum atomic E-state index is -1.01. The molecular weight excluding hydrogens is 352 g/mol. The number of para-hydroxylation sites is 1. The van der Waals surface area contributed by atoms with Crippen molar-refractivity contribution in [2.75, 3.05) is 5.73 Å². The Morgan fingerprint density at radius 3 is 2.64 bits per heavy atom. The Morgan fingerprint density at radius 2 is 1.93 bits per heavy atom. The topological polar surface area (TPSA) is 123 Å². The van der Waals surface area contributed by atoms with Gasteiger partial charge in [-0.3, -0.25) is 9.98 Å². The van der Waals surface area contributed by atoms with Crippen molar-refractivity contribution in [3.63, 3.8) is 0 Å². The predicted molar refractivity (Wildman–Crippen MR) is 113 cm³/mol. The first-order chi connectivity index (χ1) is 13.3. The van der Waals surface area contributed by atoms with Gasteiger partial charge in [-0.05, 0) is 44.5 Å². The van der Waals surface area contributed by atoms with Crippen molar-refractivity contribution in [3.05, 3.63) is 65.0 Å². The van der Waals surface area contributed by atoms with Crippen molar-refractivity contribution in [2.24, 2.45) is 15.9 Å². The molecule has 3 aromatic rings. The SMILES string of the molecule is Cc1cccc2c(C(C=NCc3cccc(C(C)(C)O)n3)=NN)cc(N)nc12. The number of aliphatic imine (C=N–C) groups is 1. The molecule has 0 radical (unpaired) electrons. The molecule has 0 saturated heterocycles. The number of nitrogens with zero attached hydrogens (tertiary/aromatic N) is 4. The highest BCUT2D eigenvalue weighted by Crippen LogP contribution is 2.23. The van der Waals surface area contributed by atoms with Crippen LogP contribution < -0.4 is 11.6 Å². The Labute approximate surface area is 163 Å². The van der Waals surface area contributed by atoms with Crippen molar-refractivity contribution in [1.82, 2.24) is 9.97 Å². The number of nitrogens with two attached hydrogens (primary N) is 2. The van der Waals surface area contributed by atoms with Crippen LogP contribution in [-0.2, 0) is 12.1 Å². The van der Waals surface area contributed by atoms with E-state index in [1.807, 2.05) is 37.3 Å². The van der Waals surface area contributed by atoms with Crippen LogP contribution in [0.2, 0.25) is 0 Å². The maximum atomic E-state index is 10.1. The van der Waals surface area contributed by atoms with Crippen molar-refractivity contribution < 1.29 is 5.11 Å². The third-order valence-corrected chi connectivity index (χ3v) is 4.38. The van der Waals surface area contributed by atoms with E-state index in [0.717, 1.165) is 27.7 Å². The lowest BCUT2D eigenvalue weighted by molar-refractivity contribution is 0.0736. The lowest BCUT2D eigenvalue weighted by Gasteiger charge is -2.16. The van der Waals surface area contributed by atoms with Gasteiger partial charge in [-0.1, -0.05) is 24.3 Å². The number of aryl methyl sites for hydroxylation is 1. The van der Waals surface area contributed by atoms with Crippen LogP contribution in [0.1, 0.15) is 36.4 Å². The number of fused-ring (bicyclic) bond motifs is 1. The summed E-state index contributed by atoms with van der Waals surface area (Å²) < 4.78 is 0. The maximum absolute atomic E-state index is 10.1. The van der Waals surface area contributed by atoms with Gasteiger partial charge in [0.05, 0.1) is 23.4 Å². The van der Waals surface area contributed by atoms with E-state index in [-0.39, 0.29) is 0 Å². The third kappa shape index (κ3) is 4.15. The molecule has 0 aliphatic carbocycles. The third-order valence-electron chi connectivity index (χ3n) is 4.38. The number of rotatable bonds is 5. The summed E-state index contributed by atoms with van der Waals surface area (Å²) in [6, 6.07) is 13.1. The summed E-state index contributed by atoms with van der Waals surface area (Å²) in [5.41, 5.74) is 9.41. The fourth-order valence-corrected chi connectivity index (χ4v) is 2.93. The Balaban J connectivity index is 1.90. The zero-order chi connectivity index (χ0) is 20.3. The highest BCUT2D eigenvalue weighted by Gasteiger charge is 2.17. The molecular formula is C21H24N6O. The molecule has 5 N–H and O–H groups in total. The van der Waals surface area contributed by atoms with Crippen molar-refractivity contribution >= 4 is 28.6 Å². The molecule has 7 nitrogen and oxygen atoms in total. The number of aliphatic hydroxyl groups is 1. The largest absolute Gasteiger partial charge is 0.384 e. The van der Waals surface area contributed by atoms with Gasteiger partial charge >= 0.3 is 0 Å². The Bertz CT molecular complexity index is 1070. The average Bonchev–Trinajstić information content (AvgIpc) is 2.65. The number of benzene rings is 1. The lowest BCUT2D eigenvalue weighted by Crippen LogP contribution is -2.18. The highest BCUT2D eigenvalue weighted by molar-refractivity contribution is 6.40. The van der Waals surface area contributed by atoms with Gasteiger partial charge in [-0.25, -0.2) is 4.98 Å². The van der Waals surface area contributed by atoms with E-state index in [0.29, 0.717) is 23.8 Å². The summed E-state index contributed by atoms with van der Waals surface area (Å²) in [7, 11) is 0. The standard InChI is InChI=1S/C21H24N6O/c1-13-6-4-8-15-16(10-19(22)26-20(13)15)17(27-23)12-24-11-14-7-5-9-18(25-14)21(2,3)28/h4-10,12,28H,11,23H2,1-3H3,(H2,22,26). The fourth-order valence-electron chi connectivity index (χ4n) is 2.93. The molecule has 0 atom stereocenters. The summed E-state index contributed by atoms with van der Waals surface area (Å²) in [4.78, 5) is 13.3. The molecule has 2 aromatic heterocycles. The van der Waals surface area contributed by atoms with E-state index in [1.165, 1.54) is 0 Å². The summed E-state index contributed by atoms with van der Waals surface area (Å²) in [6.07, 6.45) is 1.61. The van der Waals surface area contributed by atoms with Gasteiger partial charge in [0.25, 0.3) is 0 Å². The van der Waals surface area contributed by atoms with Gasteiger partial charge in [-0.15, -0.1) is 0 Å². The Morgan fingerprint density at radius 1 is 1.18 bits per heavy atom. The number of nitrogen functional groups attached to an aromatic ring is 1. The molecule has 1 aromatic carbocycles. The van der Waals surface area contributed by atoms with Crippen LogP contribution in [0.25, 0.3) is 10.9 Å². The minimum absolute atomic E-state index is 0.334. The molecule has 7 heteroatoms. The summed E-state index contributed by atoms with van der Waals surface area (Å²) in [5, 5.41) is 14.9. The van der Waals surface area contributed by atoms with Gasteiger partial charge in [0.2, 0.25) is 0 Å². The van der Waals surface area contributed by atoms with Gasteiger partial charge < -0.3 is 16.7 Å². The van der Waals surface area contributed by atoms with Crippen molar-refractivity contribution in [2.45, 2.75) is 32.9 Å². The van der Waals surface area contributed by atoms with E-state index in [9.17, 15) is 5.11 Å². The quantitative estimate of drug-likeness (QED) is 0.359.